The molecule has 5 heteroatoms. The summed E-state index contributed by atoms with van der Waals surface area (Å²) in [5, 5.41) is 16.4. The standard InChI is InChI=1S/C6H5Cl.C4H4O4/c7-6-4-2-1-3-5-6;5-3(6)1-2-4(7)8/h1-5H;1-2H,(H,5,6)(H,7,8)/b;2-1-. The van der Waals surface area contributed by atoms with Crippen LogP contribution in [0.1, 0.15) is 0 Å². The number of carboxylic acid groups (broad SMARTS) is 2. The van der Waals surface area contributed by atoms with E-state index in [1.54, 1.807) is 0 Å². The molecule has 0 fully saturated rings. The third-order valence-corrected chi connectivity index (χ3v) is 1.35. The molecule has 0 unspecified atom stereocenters. The van der Waals surface area contributed by atoms with Crippen molar-refractivity contribution in [1.82, 2.24) is 0 Å². The number of hydrogen-bond acceptors (Lipinski definition) is 2. The van der Waals surface area contributed by atoms with Crippen LogP contribution >= 0.6 is 11.6 Å². The molecule has 1 aromatic rings. The lowest BCUT2D eigenvalue weighted by atomic mass is 10.4. The van der Waals surface area contributed by atoms with E-state index in [0.29, 0.717) is 12.2 Å². The van der Waals surface area contributed by atoms with Gasteiger partial charge < -0.3 is 10.2 Å². The highest BCUT2D eigenvalue weighted by Crippen LogP contribution is 2.03. The Hall–Kier alpha value is -1.81. The van der Waals surface area contributed by atoms with Gasteiger partial charge in [0.15, 0.2) is 0 Å². The smallest absolute Gasteiger partial charge is 0.328 e. The minimum atomic E-state index is -1.26. The molecule has 0 aliphatic carbocycles. The fourth-order valence-electron chi connectivity index (χ4n) is 0.557. The highest BCUT2D eigenvalue weighted by atomic mass is 35.5. The van der Waals surface area contributed by atoms with Crippen molar-refractivity contribution >= 4 is 23.5 Å². The van der Waals surface area contributed by atoms with E-state index in [2.05, 4.69) is 0 Å². The number of benzene rings is 1. The first-order chi connectivity index (χ1) is 7.02. The molecule has 0 spiro atoms. The van der Waals surface area contributed by atoms with Crippen molar-refractivity contribution in [1.29, 1.82) is 0 Å². The molecule has 0 bridgehead atoms. The monoisotopic (exact) mass is 228 g/mol. The van der Waals surface area contributed by atoms with Gasteiger partial charge in [0.1, 0.15) is 0 Å². The average Bonchev–Trinajstić information content (AvgIpc) is 2.17. The number of carboxylic acids is 2. The van der Waals surface area contributed by atoms with Gasteiger partial charge in [-0.1, -0.05) is 29.8 Å². The van der Waals surface area contributed by atoms with Crippen molar-refractivity contribution in [2.45, 2.75) is 0 Å². The van der Waals surface area contributed by atoms with E-state index in [0.717, 1.165) is 5.02 Å². The Kier molecular flexibility index (Phi) is 6.67. The van der Waals surface area contributed by atoms with Gasteiger partial charge >= 0.3 is 11.9 Å². The van der Waals surface area contributed by atoms with Crippen LogP contribution in [0.15, 0.2) is 42.5 Å². The molecule has 0 amide bonds. The van der Waals surface area contributed by atoms with Crippen LogP contribution in [0.3, 0.4) is 0 Å². The molecular formula is C10H9ClO4. The van der Waals surface area contributed by atoms with Crippen molar-refractivity contribution < 1.29 is 19.8 Å². The van der Waals surface area contributed by atoms with Crippen LogP contribution < -0.4 is 0 Å². The zero-order valence-electron chi connectivity index (χ0n) is 7.63. The summed E-state index contributed by atoms with van der Waals surface area (Å²) in [7, 11) is 0. The quantitative estimate of drug-likeness (QED) is 0.760. The summed E-state index contributed by atoms with van der Waals surface area (Å²) in [5.41, 5.74) is 0. The topological polar surface area (TPSA) is 74.6 Å². The minimum Gasteiger partial charge on any atom is -0.478 e. The zero-order valence-corrected chi connectivity index (χ0v) is 8.39. The van der Waals surface area contributed by atoms with Gasteiger partial charge in [-0.25, -0.2) is 9.59 Å². The highest BCUT2D eigenvalue weighted by Gasteiger charge is 1.88. The van der Waals surface area contributed by atoms with E-state index in [4.69, 9.17) is 21.8 Å². The molecule has 0 heterocycles. The Bertz CT molecular complexity index is 330. The summed E-state index contributed by atoms with van der Waals surface area (Å²) < 4.78 is 0. The number of halogens is 1. The van der Waals surface area contributed by atoms with Crippen molar-refractivity contribution in [3.8, 4) is 0 Å². The summed E-state index contributed by atoms with van der Waals surface area (Å²) in [6.45, 7) is 0. The lowest BCUT2D eigenvalue weighted by molar-refractivity contribution is -0.134. The second-order valence-corrected chi connectivity index (χ2v) is 2.74. The number of aliphatic carboxylic acids is 2. The molecule has 0 saturated carbocycles. The van der Waals surface area contributed by atoms with Gasteiger partial charge in [-0.05, 0) is 12.1 Å². The average molecular weight is 229 g/mol. The van der Waals surface area contributed by atoms with E-state index in [1.807, 2.05) is 30.3 Å². The lowest BCUT2D eigenvalue weighted by Crippen LogP contribution is -1.91. The largest absolute Gasteiger partial charge is 0.478 e. The van der Waals surface area contributed by atoms with Gasteiger partial charge in [0.2, 0.25) is 0 Å². The predicted octanol–water partition coefficient (Wildman–Crippen LogP) is 2.05. The first-order valence-corrected chi connectivity index (χ1v) is 4.24. The summed E-state index contributed by atoms with van der Waals surface area (Å²) >= 11 is 5.54. The Labute approximate surface area is 91.4 Å². The molecule has 0 aromatic heterocycles. The van der Waals surface area contributed by atoms with Crippen LogP contribution in [0.5, 0.6) is 0 Å². The second kappa shape index (κ2) is 7.58. The van der Waals surface area contributed by atoms with Crippen molar-refractivity contribution in [3.05, 3.63) is 47.5 Å². The molecule has 0 atom stereocenters. The van der Waals surface area contributed by atoms with Crippen molar-refractivity contribution in [2.24, 2.45) is 0 Å². The van der Waals surface area contributed by atoms with Crippen LogP contribution in [-0.4, -0.2) is 22.2 Å². The van der Waals surface area contributed by atoms with Crippen LogP contribution in [0.4, 0.5) is 0 Å². The SMILES string of the molecule is Clc1ccccc1.O=C(O)/C=C\C(=O)O. The number of hydrogen-bond donors (Lipinski definition) is 2. The van der Waals surface area contributed by atoms with Gasteiger partial charge in [0.05, 0.1) is 0 Å². The van der Waals surface area contributed by atoms with E-state index in [1.165, 1.54) is 0 Å². The molecule has 0 aliphatic heterocycles. The third-order valence-electron chi connectivity index (χ3n) is 1.10. The maximum atomic E-state index is 9.55. The Morgan fingerprint density at radius 1 is 1.00 bits per heavy atom. The third kappa shape index (κ3) is 10.1. The predicted molar refractivity (Wildman–Crippen MR) is 55.9 cm³/mol. The summed E-state index contributed by atoms with van der Waals surface area (Å²) in [4.78, 5) is 19.1. The molecule has 15 heavy (non-hydrogen) atoms. The summed E-state index contributed by atoms with van der Waals surface area (Å²) in [5.74, 6) is -2.51. The Morgan fingerprint density at radius 3 is 1.60 bits per heavy atom. The Balaban J connectivity index is 0.000000262. The maximum Gasteiger partial charge on any atom is 0.328 e. The number of carbonyl (C=O) groups is 2. The first-order valence-electron chi connectivity index (χ1n) is 3.87. The van der Waals surface area contributed by atoms with Gasteiger partial charge in [-0.2, -0.15) is 0 Å². The first kappa shape index (κ1) is 13.2. The van der Waals surface area contributed by atoms with Gasteiger partial charge in [-0.15, -0.1) is 0 Å². The van der Waals surface area contributed by atoms with Gasteiger partial charge in [-0.3, -0.25) is 0 Å². The van der Waals surface area contributed by atoms with Crippen LogP contribution in [-0.2, 0) is 9.59 Å². The van der Waals surface area contributed by atoms with Gasteiger partial charge in [0, 0.05) is 17.2 Å². The van der Waals surface area contributed by atoms with Crippen LogP contribution in [0, 0.1) is 0 Å². The molecule has 0 saturated heterocycles. The Morgan fingerprint density at radius 2 is 1.40 bits per heavy atom. The molecule has 2 N–H and O–H groups in total. The maximum absolute atomic E-state index is 9.55. The molecule has 1 aromatic carbocycles. The van der Waals surface area contributed by atoms with E-state index in [-0.39, 0.29) is 0 Å². The zero-order chi connectivity index (χ0) is 11.7. The molecule has 4 nitrogen and oxygen atoms in total. The van der Waals surface area contributed by atoms with E-state index < -0.39 is 11.9 Å². The highest BCUT2D eigenvalue weighted by molar-refractivity contribution is 6.30. The van der Waals surface area contributed by atoms with Crippen molar-refractivity contribution in [3.63, 3.8) is 0 Å². The van der Waals surface area contributed by atoms with Crippen LogP contribution in [0.2, 0.25) is 5.02 Å². The van der Waals surface area contributed by atoms with Crippen LogP contribution in [0.25, 0.3) is 0 Å². The minimum absolute atomic E-state index is 0.558. The molecule has 80 valence electrons. The normalized spacial score (nSPS) is 9.13. The molecular weight excluding hydrogens is 220 g/mol. The van der Waals surface area contributed by atoms with E-state index in [9.17, 15) is 9.59 Å². The molecule has 0 radical (unpaired) electrons. The van der Waals surface area contributed by atoms with Gasteiger partial charge in [0.25, 0.3) is 0 Å². The molecule has 0 aliphatic rings. The fourth-order valence-corrected chi connectivity index (χ4v) is 0.703. The summed E-state index contributed by atoms with van der Waals surface area (Å²) in [6, 6.07) is 9.44. The van der Waals surface area contributed by atoms with Crippen molar-refractivity contribution in [2.75, 3.05) is 0 Å². The summed E-state index contributed by atoms with van der Waals surface area (Å²) in [6.07, 6.45) is 1.12. The van der Waals surface area contributed by atoms with E-state index >= 15 is 0 Å². The number of rotatable bonds is 2. The second-order valence-electron chi connectivity index (χ2n) is 2.31. The fraction of sp³-hybridized carbons (Fsp3) is 0. The lowest BCUT2D eigenvalue weighted by Gasteiger charge is -1.80. The molecule has 1 rings (SSSR count).